The molecule has 4 rings (SSSR count). The van der Waals surface area contributed by atoms with E-state index in [-0.39, 0.29) is 11.9 Å². The van der Waals surface area contributed by atoms with E-state index in [0.29, 0.717) is 43.4 Å². The minimum Gasteiger partial charge on any atom is -0.490 e. The summed E-state index contributed by atoms with van der Waals surface area (Å²) in [5, 5.41) is 0. The van der Waals surface area contributed by atoms with Crippen molar-refractivity contribution in [3.8, 4) is 11.5 Å². The van der Waals surface area contributed by atoms with Gasteiger partial charge in [-0.2, -0.15) is 0 Å². The highest BCUT2D eigenvalue weighted by molar-refractivity contribution is 5.95. The number of nitrogens with zero attached hydrogens (tertiary/aromatic N) is 3. The summed E-state index contributed by atoms with van der Waals surface area (Å²) in [6, 6.07) is 5.37. The van der Waals surface area contributed by atoms with Gasteiger partial charge >= 0.3 is 0 Å². The minimum atomic E-state index is -0.0426. The molecule has 0 radical (unpaired) electrons. The first kappa shape index (κ1) is 16.9. The number of hydrogen-bond acceptors (Lipinski definition) is 5. The first-order valence-electron chi connectivity index (χ1n) is 8.86. The molecule has 3 heterocycles. The topological polar surface area (TPSA) is 65.8 Å². The number of rotatable bonds is 3. The van der Waals surface area contributed by atoms with Gasteiger partial charge in [0.2, 0.25) is 0 Å². The number of aryl methyl sites for hydroxylation is 1. The van der Waals surface area contributed by atoms with Gasteiger partial charge in [0.1, 0.15) is 0 Å². The molecular formula is C19H23N3O4. The Bertz CT molecular complexity index is 817. The number of carbonyl (C=O) groups excluding carboxylic acids is 1. The number of amides is 1. The van der Waals surface area contributed by atoms with Crippen molar-refractivity contribution in [3.05, 3.63) is 41.5 Å². The van der Waals surface area contributed by atoms with Gasteiger partial charge in [0.25, 0.3) is 5.91 Å². The van der Waals surface area contributed by atoms with Crippen LogP contribution in [-0.4, -0.2) is 53.3 Å². The number of methoxy groups -OCH3 is 1. The lowest BCUT2D eigenvalue weighted by molar-refractivity contribution is 0.0467. The van der Waals surface area contributed by atoms with Crippen LogP contribution in [0.15, 0.2) is 24.5 Å². The van der Waals surface area contributed by atoms with Crippen LogP contribution in [0.1, 0.15) is 28.2 Å². The first-order chi connectivity index (χ1) is 12.7. The summed E-state index contributed by atoms with van der Waals surface area (Å²) in [5.74, 6) is 1.28. The molecule has 0 N–H and O–H groups in total. The Morgan fingerprint density at radius 1 is 1.31 bits per heavy atom. The molecule has 0 unspecified atom stereocenters. The summed E-state index contributed by atoms with van der Waals surface area (Å²) in [6.45, 7) is 2.20. The molecule has 7 heteroatoms. The van der Waals surface area contributed by atoms with Crippen molar-refractivity contribution in [2.75, 3.05) is 26.9 Å². The average Bonchev–Trinajstić information content (AvgIpc) is 2.87. The van der Waals surface area contributed by atoms with Gasteiger partial charge in [0.05, 0.1) is 44.4 Å². The van der Waals surface area contributed by atoms with Crippen molar-refractivity contribution in [2.45, 2.75) is 25.4 Å². The van der Waals surface area contributed by atoms with Crippen molar-refractivity contribution in [1.82, 2.24) is 14.5 Å². The molecule has 0 saturated heterocycles. The number of aromatic nitrogens is 2. The summed E-state index contributed by atoms with van der Waals surface area (Å²) < 4.78 is 18.8. The van der Waals surface area contributed by atoms with Crippen LogP contribution in [0, 0.1) is 0 Å². The van der Waals surface area contributed by atoms with Crippen LogP contribution in [0.4, 0.5) is 0 Å². The molecule has 2 aliphatic heterocycles. The fraction of sp³-hybridized carbons (Fsp3) is 0.474. The second kappa shape index (κ2) is 6.99. The third kappa shape index (κ3) is 3.03. The smallest absolute Gasteiger partial charge is 0.254 e. The van der Waals surface area contributed by atoms with E-state index < -0.39 is 0 Å². The fourth-order valence-corrected chi connectivity index (χ4v) is 3.56. The van der Waals surface area contributed by atoms with E-state index in [2.05, 4.69) is 4.98 Å². The number of ether oxygens (including phenoxy) is 3. The molecule has 0 aliphatic carbocycles. The van der Waals surface area contributed by atoms with E-state index in [9.17, 15) is 4.79 Å². The predicted octanol–water partition coefficient (Wildman–Crippen LogP) is 1.79. The molecule has 0 spiro atoms. The summed E-state index contributed by atoms with van der Waals surface area (Å²) in [6.07, 6.45) is 3.37. The number of hydrogen-bond donors (Lipinski definition) is 0. The molecule has 1 aromatic heterocycles. The number of carbonyl (C=O) groups is 1. The monoisotopic (exact) mass is 357 g/mol. The number of imidazole rings is 1. The van der Waals surface area contributed by atoms with Gasteiger partial charge in [0, 0.05) is 38.3 Å². The van der Waals surface area contributed by atoms with Crippen molar-refractivity contribution < 1.29 is 19.0 Å². The highest BCUT2D eigenvalue weighted by Crippen LogP contribution is 2.32. The van der Waals surface area contributed by atoms with E-state index >= 15 is 0 Å². The first-order valence-corrected chi connectivity index (χ1v) is 8.86. The molecule has 138 valence electrons. The van der Waals surface area contributed by atoms with Gasteiger partial charge in [-0.1, -0.05) is 0 Å². The standard InChI is InChI=1S/C19H23N3O4/c1-21-12-20-15-10-22(14(11-24-2)9-16(15)21)19(23)13-4-5-17-18(8-13)26-7-3-6-25-17/h4-5,8,12,14H,3,6-7,9-11H2,1-2H3/t14-/m0/s1. The second-order valence-corrected chi connectivity index (χ2v) is 6.71. The summed E-state index contributed by atoms with van der Waals surface area (Å²) in [5.41, 5.74) is 2.70. The SMILES string of the molecule is COC[C@@H]1Cc2c(ncn2C)CN1C(=O)c1ccc2c(c1)OCCCO2. The largest absolute Gasteiger partial charge is 0.490 e. The van der Waals surface area contributed by atoms with Crippen molar-refractivity contribution >= 4 is 5.91 Å². The Balaban J connectivity index is 1.63. The molecule has 1 atom stereocenters. The van der Waals surface area contributed by atoms with Crippen LogP contribution in [0.25, 0.3) is 0 Å². The number of benzene rings is 1. The second-order valence-electron chi connectivity index (χ2n) is 6.71. The van der Waals surface area contributed by atoms with E-state index in [4.69, 9.17) is 14.2 Å². The third-order valence-corrected chi connectivity index (χ3v) is 4.95. The van der Waals surface area contributed by atoms with Gasteiger partial charge < -0.3 is 23.7 Å². The minimum absolute atomic E-state index is 0.0219. The average molecular weight is 357 g/mol. The number of fused-ring (bicyclic) bond motifs is 2. The van der Waals surface area contributed by atoms with E-state index in [1.54, 1.807) is 25.6 Å². The lowest BCUT2D eigenvalue weighted by Crippen LogP contribution is -2.47. The molecule has 1 aromatic carbocycles. The summed E-state index contributed by atoms with van der Waals surface area (Å²) in [7, 11) is 3.64. The van der Waals surface area contributed by atoms with Gasteiger partial charge in [-0.15, -0.1) is 0 Å². The zero-order valence-corrected chi connectivity index (χ0v) is 15.1. The Morgan fingerprint density at radius 2 is 2.12 bits per heavy atom. The zero-order chi connectivity index (χ0) is 18.1. The quantitative estimate of drug-likeness (QED) is 0.838. The van der Waals surface area contributed by atoms with Crippen molar-refractivity contribution in [3.63, 3.8) is 0 Å². The van der Waals surface area contributed by atoms with E-state index in [1.807, 2.05) is 22.6 Å². The zero-order valence-electron chi connectivity index (χ0n) is 15.1. The lowest BCUT2D eigenvalue weighted by Gasteiger charge is -2.35. The normalized spacial score (nSPS) is 19.0. The molecule has 0 bridgehead atoms. The van der Waals surface area contributed by atoms with Gasteiger partial charge in [-0.3, -0.25) is 4.79 Å². The predicted molar refractivity (Wildman–Crippen MR) is 94.5 cm³/mol. The van der Waals surface area contributed by atoms with Crippen LogP contribution >= 0.6 is 0 Å². The van der Waals surface area contributed by atoms with Gasteiger partial charge in [-0.05, 0) is 18.2 Å². The molecular weight excluding hydrogens is 334 g/mol. The Morgan fingerprint density at radius 3 is 2.92 bits per heavy atom. The highest BCUT2D eigenvalue weighted by atomic mass is 16.5. The maximum absolute atomic E-state index is 13.2. The highest BCUT2D eigenvalue weighted by Gasteiger charge is 2.33. The van der Waals surface area contributed by atoms with Crippen LogP contribution in [0.5, 0.6) is 11.5 Å². The molecule has 0 saturated carbocycles. The van der Waals surface area contributed by atoms with Gasteiger partial charge in [-0.25, -0.2) is 4.98 Å². The summed E-state index contributed by atoms with van der Waals surface area (Å²) >= 11 is 0. The van der Waals surface area contributed by atoms with Crippen LogP contribution in [-0.2, 0) is 24.8 Å². The van der Waals surface area contributed by atoms with Crippen molar-refractivity contribution in [2.24, 2.45) is 7.05 Å². The van der Waals surface area contributed by atoms with E-state index in [0.717, 1.165) is 24.2 Å². The van der Waals surface area contributed by atoms with Gasteiger partial charge in [0.15, 0.2) is 11.5 Å². The third-order valence-electron chi connectivity index (χ3n) is 4.95. The van der Waals surface area contributed by atoms with Crippen molar-refractivity contribution in [1.29, 1.82) is 0 Å². The molecule has 0 fully saturated rings. The molecule has 2 aliphatic rings. The summed E-state index contributed by atoms with van der Waals surface area (Å²) in [4.78, 5) is 19.5. The van der Waals surface area contributed by atoms with Crippen LogP contribution < -0.4 is 9.47 Å². The molecule has 26 heavy (non-hydrogen) atoms. The Hall–Kier alpha value is -2.54. The Kier molecular flexibility index (Phi) is 4.55. The van der Waals surface area contributed by atoms with Crippen LogP contribution in [0.2, 0.25) is 0 Å². The maximum Gasteiger partial charge on any atom is 0.254 e. The van der Waals surface area contributed by atoms with Crippen LogP contribution in [0.3, 0.4) is 0 Å². The molecule has 1 amide bonds. The fourth-order valence-electron chi connectivity index (χ4n) is 3.56. The molecule has 2 aromatic rings. The lowest BCUT2D eigenvalue weighted by atomic mass is 10.0. The maximum atomic E-state index is 13.2. The van der Waals surface area contributed by atoms with E-state index in [1.165, 1.54) is 0 Å². The Labute approximate surface area is 152 Å². The molecule has 7 nitrogen and oxygen atoms in total.